The van der Waals surface area contributed by atoms with Crippen LogP contribution in [0.25, 0.3) is 11.2 Å². The van der Waals surface area contributed by atoms with E-state index in [9.17, 15) is 4.79 Å². The minimum Gasteiger partial charge on any atom is -0.321 e. The summed E-state index contributed by atoms with van der Waals surface area (Å²) in [5.41, 5.74) is 1.88. The first-order chi connectivity index (χ1) is 9.33. The van der Waals surface area contributed by atoms with Crippen LogP contribution in [0.4, 0.5) is 5.69 Å². The molecule has 6 heteroatoms. The van der Waals surface area contributed by atoms with Crippen LogP contribution in [0.1, 0.15) is 10.5 Å². The second-order valence-corrected chi connectivity index (χ2v) is 3.81. The Hall–Kier alpha value is -2.89. The zero-order valence-electron chi connectivity index (χ0n) is 9.82. The summed E-state index contributed by atoms with van der Waals surface area (Å²) in [5.74, 6) is -0.320. The van der Waals surface area contributed by atoms with Gasteiger partial charge in [-0.1, -0.05) is 18.2 Å². The molecule has 19 heavy (non-hydrogen) atoms. The molecule has 3 aromatic rings. The molecule has 0 atom stereocenters. The Balaban J connectivity index is 1.89. The number of nitrogens with one attached hydrogen (secondary N) is 1. The first-order valence-electron chi connectivity index (χ1n) is 5.62. The highest BCUT2D eigenvalue weighted by Gasteiger charge is 2.09. The molecule has 2 aromatic heterocycles. The van der Waals surface area contributed by atoms with E-state index in [2.05, 4.69) is 25.3 Å². The van der Waals surface area contributed by atoms with E-state index in [1.165, 1.54) is 12.5 Å². The largest absolute Gasteiger partial charge is 0.321 e. The van der Waals surface area contributed by atoms with Gasteiger partial charge in [0.15, 0.2) is 5.65 Å². The topological polar surface area (TPSA) is 80.7 Å². The molecule has 92 valence electrons. The number of hydrogen-bond donors (Lipinski definition) is 1. The molecular formula is C13H9N5O. The monoisotopic (exact) mass is 251 g/mol. The van der Waals surface area contributed by atoms with Gasteiger partial charge in [-0.05, 0) is 12.1 Å². The minimum atomic E-state index is -0.320. The van der Waals surface area contributed by atoms with E-state index < -0.39 is 0 Å². The fourth-order valence-corrected chi connectivity index (χ4v) is 1.59. The molecule has 0 saturated carbocycles. The van der Waals surface area contributed by atoms with Crippen LogP contribution in [-0.4, -0.2) is 25.8 Å². The second-order valence-electron chi connectivity index (χ2n) is 3.81. The van der Waals surface area contributed by atoms with Crippen molar-refractivity contribution in [2.45, 2.75) is 0 Å². The Morgan fingerprint density at radius 3 is 2.74 bits per heavy atom. The highest BCUT2D eigenvalue weighted by molar-refractivity contribution is 6.03. The Kier molecular flexibility index (Phi) is 2.82. The third kappa shape index (κ3) is 2.37. The third-order valence-corrected chi connectivity index (χ3v) is 2.49. The predicted octanol–water partition coefficient (Wildman–Crippen LogP) is 1.67. The smallest absolute Gasteiger partial charge is 0.275 e. The maximum atomic E-state index is 12.0. The molecule has 6 nitrogen and oxygen atoms in total. The molecule has 3 rings (SSSR count). The predicted molar refractivity (Wildman–Crippen MR) is 69.5 cm³/mol. The van der Waals surface area contributed by atoms with Crippen LogP contribution in [0.2, 0.25) is 0 Å². The highest BCUT2D eigenvalue weighted by atomic mass is 16.1. The van der Waals surface area contributed by atoms with Gasteiger partial charge in [-0.15, -0.1) is 0 Å². The van der Waals surface area contributed by atoms with Gasteiger partial charge < -0.3 is 5.32 Å². The van der Waals surface area contributed by atoms with Gasteiger partial charge in [-0.25, -0.2) is 19.9 Å². The number of amides is 1. The SMILES string of the molecule is O=C(Nc1ccccc1)c1cnc2cncnc2n1. The summed E-state index contributed by atoms with van der Waals surface area (Å²) in [7, 11) is 0. The number of aromatic nitrogens is 4. The van der Waals surface area contributed by atoms with Gasteiger partial charge in [0.2, 0.25) is 0 Å². The van der Waals surface area contributed by atoms with Crippen LogP contribution in [0, 0.1) is 0 Å². The number of anilines is 1. The number of benzene rings is 1. The van der Waals surface area contributed by atoms with Crippen LogP contribution < -0.4 is 5.32 Å². The molecule has 0 fully saturated rings. The summed E-state index contributed by atoms with van der Waals surface area (Å²) in [6.07, 6.45) is 4.33. The van der Waals surface area contributed by atoms with Crippen LogP contribution in [0.5, 0.6) is 0 Å². The van der Waals surface area contributed by atoms with E-state index >= 15 is 0 Å². The fourth-order valence-electron chi connectivity index (χ4n) is 1.59. The average Bonchev–Trinajstić information content (AvgIpc) is 2.48. The molecular weight excluding hydrogens is 242 g/mol. The van der Waals surface area contributed by atoms with Gasteiger partial charge in [0.1, 0.15) is 17.5 Å². The lowest BCUT2D eigenvalue weighted by atomic mass is 10.3. The zero-order valence-corrected chi connectivity index (χ0v) is 9.82. The minimum absolute atomic E-state index is 0.218. The molecule has 1 N–H and O–H groups in total. The number of fused-ring (bicyclic) bond motifs is 1. The lowest BCUT2D eigenvalue weighted by molar-refractivity contribution is 0.102. The second kappa shape index (κ2) is 4.77. The van der Waals surface area contributed by atoms with Gasteiger partial charge in [0.05, 0.1) is 12.4 Å². The number of para-hydroxylation sites is 1. The van der Waals surface area contributed by atoms with Gasteiger partial charge in [-0.2, -0.15) is 0 Å². The van der Waals surface area contributed by atoms with E-state index in [1.54, 1.807) is 18.3 Å². The zero-order chi connectivity index (χ0) is 13.1. The third-order valence-electron chi connectivity index (χ3n) is 2.49. The Morgan fingerprint density at radius 2 is 1.89 bits per heavy atom. The van der Waals surface area contributed by atoms with Crippen LogP contribution >= 0.6 is 0 Å². The maximum absolute atomic E-state index is 12.0. The van der Waals surface area contributed by atoms with E-state index in [-0.39, 0.29) is 11.6 Å². The number of carbonyl (C=O) groups is 1. The highest BCUT2D eigenvalue weighted by Crippen LogP contribution is 2.09. The van der Waals surface area contributed by atoms with Gasteiger partial charge in [0.25, 0.3) is 5.91 Å². The Bertz CT molecular complexity index is 729. The van der Waals surface area contributed by atoms with Crippen molar-refractivity contribution in [1.29, 1.82) is 0 Å². The van der Waals surface area contributed by atoms with Gasteiger partial charge in [0, 0.05) is 5.69 Å². The quantitative estimate of drug-likeness (QED) is 0.749. The van der Waals surface area contributed by atoms with E-state index in [4.69, 9.17) is 0 Å². The average molecular weight is 251 g/mol. The van der Waals surface area contributed by atoms with Crippen molar-refractivity contribution in [2.75, 3.05) is 5.32 Å². The number of rotatable bonds is 2. The van der Waals surface area contributed by atoms with Crippen molar-refractivity contribution in [2.24, 2.45) is 0 Å². The number of hydrogen-bond acceptors (Lipinski definition) is 5. The normalized spacial score (nSPS) is 10.3. The van der Waals surface area contributed by atoms with Crippen molar-refractivity contribution in [3.05, 3.63) is 54.7 Å². The summed E-state index contributed by atoms with van der Waals surface area (Å²) < 4.78 is 0. The van der Waals surface area contributed by atoms with Crippen LogP contribution in [0.3, 0.4) is 0 Å². The molecule has 0 bridgehead atoms. The summed E-state index contributed by atoms with van der Waals surface area (Å²) >= 11 is 0. The number of nitrogens with zero attached hydrogens (tertiary/aromatic N) is 4. The molecule has 0 aliphatic rings. The van der Waals surface area contributed by atoms with E-state index in [0.717, 1.165) is 0 Å². The van der Waals surface area contributed by atoms with Gasteiger partial charge in [-0.3, -0.25) is 4.79 Å². The van der Waals surface area contributed by atoms with Crippen molar-refractivity contribution < 1.29 is 4.79 Å². The summed E-state index contributed by atoms with van der Waals surface area (Å²) in [6, 6.07) is 9.16. The maximum Gasteiger partial charge on any atom is 0.275 e. The first kappa shape index (κ1) is 11.2. The molecule has 0 saturated heterocycles. The molecule has 1 aromatic carbocycles. The summed E-state index contributed by atoms with van der Waals surface area (Å²) in [6.45, 7) is 0. The molecule has 0 spiro atoms. The fraction of sp³-hybridized carbons (Fsp3) is 0. The van der Waals surface area contributed by atoms with E-state index in [1.807, 2.05) is 18.2 Å². The van der Waals surface area contributed by atoms with Crippen molar-refractivity contribution in [3.63, 3.8) is 0 Å². The van der Waals surface area contributed by atoms with Gasteiger partial charge >= 0.3 is 0 Å². The van der Waals surface area contributed by atoms with Crippen molar-refractivity contribution in [3.8, 4) is 0 Å². The Labute approximate surface area is 108 Å². The number of carbonyl (C=O) groups excluding carboxylic acids is 1. The molecule has 0 unspecified atom stereocenters. The molecule has 0 aliphatic heterocycles. The standard InChI is InChI=1S/C13H9N5O/c19-13(17-9-4-2-1-3-5-9)11-7-15-10-6-14-8-16-12(10)18-11/h1-8H,(H,17,19). The first-order valence-corrected chi connectivity index (χ1v) is 5.62. The Morgan fingerprint density at radius 1 is 1.05 bits per heavy atom. The molecule has 0 radical (unpaired) electrons. The summed E-state index contributed by atoms with van der Waals surface area (Å²) in [5, 5.41) is 2.74. The van der Waals surface area contributed by atoms with Crippen molar-refractivity contribution >= 4 is 22.8 Å². The van der Waals surface area contributed by atoms with Crippen molar-refractivity contribution in [1.82, 2.24) is 19.9 Å². The lowest BCUT2D eigenvalue weighted by Crippen LogP contribution is -2.14. The lowest BCUT2D eigenvalue weighted by Gasteiger charge is -2.04. The van der Waals surface area contributed by atoms with Crippen LogP contribution in [0.15, 0.2) is 49.1 Å². The molecule has 0 aliphatic carbocycles. The van der Waals surface area contributed by atoms with Crippen LogP contribution in [-0.2, 0) is 0 Å². The molecule has 2 heterocycles. The van der Waals surface area contributed by atoms with E-state index in [0.29, 0.717) is 16.9 Å². The summed E-state index contributed by atoms with van der Waals surface area (Å²) in [4.78, 5) is 28.0. The molecule has 1 amide bonds.